The Labute approximate surface area is 123 Å². The number of benzene rings is 1. The molecule has 106 valence electrons. The topological polar surface area (TPSA) is 59.2 Å². The van der Waals surface area contributed by atoms with Gasteiger partial charge in [-0.15, -0.1) is 11.3 Å². The summed E-state index contributed by atoms with van der Waals surface area (Å²) in [4.78, 5) is 18.4. The van der Waals surface area contributed by atoms with E-state index in [1.54, 1.807) is 17.3 Å². The van der Waals surface area contributed by atoms with Gasteiger partial charge in [0.1, 0.15) is 10.7 Å². The van der Waals surface area contributed by atoms with Gasteiger partial charge in [-0.25, -0.2) is 4.98 Å². The van der Waals surface area contributed by atoms with E-state index in [2.05, 4.69) is 11.1 Å². The molecule has 5 heteroatoms. The number of thiazole rings is 1. The number of nitrogens with zero attached hydrogens (tertiary/aromatic N) is 2. The number of hydrogen-bond donors (Lipinski definition) is 1. The number of aryl methyl sites for hydroxylation is 2. The van der Waals surface area contributed by atoms with Gasteiger partial charge in [0.2, 0.25) is 0 Å². The molecule has 2 N–H and O–H groups in total. The van der Waals surface area contributed by atoms with Gasteiger partial charge < -0.3 is 10.6 Å². The minimum atomic E-state index is -0.145. The predicted octanol–water partition coefficient (Wildman–Crippen LogP) is 3.06. The Morgan fingerprint density at radius 1 is 1.40 bits per heavy atom. The molecule has 0 aliphatic rings. The molecule has 20 heavy (non-hydrogen) atoms. The average molecular weight is 289 g/mol. The van der Waals surface area contributed by atoms with Crippen LogP contribution in [0.4, 0.5) is 5.69 Å². The lowest BCUT2D eigenvalue weighted by atomic mass is 10.1. The van der Waals surface area contributed by atoms with Gasteiger partial charge in [0.15, 0.2) is 0 Å². The monoisotopic (exact) mass is 289 g/mol. The van der Waals surface area contributed by atoms with Crippen molar-refractivity contribution in [3.05, 3.63) is 45.4 Å². The first-order valence-electron chi connectivity index (χ1n) is 6.46. The van der Waals surface area contributed by atoms with Crippen LogP contribution in [0.25, 0.3) is 0 Å². The maximum absolute atomic E-state index is 12.4. The first kappa shape index (κ1) is 14.7. The molecule has 2 rings (SSSR count). The summed E-state index contributed by atoms with van der Waals surface area (Å²) in [5, 5.41) is 2.54. The Hall–Kier alpha value is -1.72. The van der Waals surface area contributed by atoms with E-state index in [1.807, 2.05) is 32.9 Å². The normalized spacial score (nSPS) is 12.2. The summed E-state index contributed by atoms with van der Waals surface area (Å²) in [6, 6.07) is 5.88. The second-order valence-electron chi connectivity index (χ2n) is 5.01. The van der Waals surface area contributed by atoms with E-state index in [4.69, 9.17) is 5.73 Å². The highest BCUT2D eigenvalue weighted by atomic mass is 32.1. The summed E-state index contributed by atoms with van der Waals surface area (Å²) in [5.74, 6) is -0.111. The molecule has 1 amide bonds. The zero-order valence-electron chi connectivity index (χ0n) is 12.2. The van der Waals surface area contributed by atoms with Gasteiger partial charge in [0.05, 0.1) is 6.04 Å². The number of nitrogens with two attached hydrogens (primary N) is 1. The van der Waals surface area contributed by atoms with Crippen LogP contribution in [0.1, 0.15) is 39.6 Å². The molecule has 0 saturated heterocycles. The lowest BCUT2D eigenvalue weighted by Crippen LogP contribution is -2.27. The van der Waals surface area contributed by atoms with Crippen LogP contribution in [0.2, 0.25) is 0 Å². The third-order valence-electron chi connectivity index (χ3n) is 3.15. The van der Waals surface area contributed by atoms with Gasteiger partial charge in [0, 0.05) is 18.1 Å². The maximum Gasteiger partial charge on any atom is 0.277 e. The first-order valence-corrected chi connectivity index (χ1v) is 7.34. The van der Waals surface area contributed by atoms with Crippen molar-refractivity contribution in [3.8, 4) is 0 Å². The van der Waals surface area contributed by atoms with Gasteiger partial charge >= 0.3 is 0 Å². The summed E-state index contributed by atoms with van der Waals surface area (Å²) in [5.41, 5.74) is 9.38. The summed E-state index contributed by atoms with van der Waals surface area (Å²) < 4.78 is 0. The van der Waals surface area contributed by atoms with Crippen molar-refractivity contribution in [2.24, 2.45) is 5.73 Å². The van der Waals surface area contributed by atoms with Crippen molar-refractivity contribution in [1.29, 1.82) is 0 Å². The van der Waals surface area contributed by atoms with Crippen molar-refractivity contribution < 1.29 is 4.79 Å². The molecule has 1 aromatic heterocycles. The minimum Gasteiger partial charge on any atom is -0.322 e. The lowest BCUT2D eigenvalue weighted by molar-refractivity contribution is 0.0988. The minimum absolute atomic E-state index is 0.111. The molecule has 1 aromatic carbocycles. The zero-order chi connectivity index (χ0) is 14.9. The lowest BCUT2D eigenvalue weighted by Gasteiger charge is -2.19. The molecule has 0 fully saturated rings. The third-order valence-corrected chi connectivity index (χ3v) is 4.19. The standard InChI is InChI=1S/C15H19N3OS/c1-9-5-6-13(10(2)7-9)18(4)15(19)12-8-20-14(17-12)11(3)16/h5-8,11H,16H2,1-4H3. The number of hydrogen-bond acceptors (Lipinski definition) is 4. The molecule has 4 nitrogen and oxygen atoms in total. The average Bonchev–Trinajstić information content (AvgIpc) is 2.87. The van der Waals surface area contributed by atoms with Gasteiger partial charge in [-0.2, -0.15) is 0 Å². The van der Waals surface area contributed by atoms with Gasteiger partial charge in [-0.1, -0.05) is 17.7 Å². The second-order valence-corrected chi connectivity index (χ2v) is 5.90. The zero-order valence-corrected chi connectivity index (χ0v) is 13.0. The Kier molecular flexibility index (Phi) is 4.20. The molecule has 0 bridgehead atoms. The van der Waals surface area contributed by atoms with E-state index in [9.17, 15) is 4.79 Å². The molecular weight excluding hydrogens is 270 g/mol. The van der Waals surface area contributed by atoms with E-state index < -0.39 is 0 Å². The van der Waals surface area contributed by atoms with Gasteiger partial charge in [-0.05, 0) is 32.4 Å². The van der Waals surface area contributed by atoms with E-state index in [-0.39, 0.29) is 11.9 Å². The van der Waals surface area contributed by atoms with Crippen LogP contribution in [0.15, 0.2) is 23.6 Å². The van der Waals surface area contributed by atoms with Crippen LogP contribution in [0.5, 0.6) is 0 Å². The van der Waals surface area contributed by atoms with Crippen LogP contribution in [0, 0.1) is 13.8 Å². The molecule has 2 aromatic rings. The van der Waals surface area contributed by atoms with Crippen molar-refractivity contribution in [2.75, 3.05) is 11.9 Å². The van der Waals surface area contributed by atoms with Crippen LogP contribution in [0.3, 0.4) is 0 Å². The molecule has 0 aliphatic heterocycles. The maximum atomic E-state index is 12.4. The molecule has 0 spiro atoms. The van der Waals surface area contributed by atoms with Crippen LogP contribution >= 0.6 is 11.3 Å². The number of rotatable bonds is 3. The van der Waals surface area contributed by atoms with E-state index >= 15 is 0 Å². The number of aromatic nitrogens is 1. The quantitative estimate of drug-likeness (QED) is 0.944. The van der Waals surface area contributed by atoms with Crippen molar-refractivity contribution >= 4 is 22.9 Å². The highest BCUT2D eigenvalue weighted by Gasteiger charge is 2.19. The molecule has 0 saturated carbocycles. The fourth-order valence-electron chi connectivity index (χ4n) is 2.06. The fourth-order valence-corrected chi connectivity index (χ4v) is 2.81. The van der Waals surface area contributed by atoms with Gasteiger partial charge in [0.25, 0.3) is 5.91 Å². The van der Waals surface area contributed by atoms with Crippen LogP contribution in [-0.4, -0.2) is 17.9 Å². The van der Waals surface area contributed by atoms with E-state index in [0.717, 1.165) is 16.3 Å². The molecule has 0 radical (unpaired) electrons. The molecule has 1 heterocycles. The SMILES string of the molecule is Cc1ccc(N(C)C(=O)c2csc(C(C)N)n2)c(C)c1. The molecule has 1 atom stereocenters. The fraction of sp³-hybridized carbons (Fsp3) is 0.333. The van der Waals surface area contributed by atoms with E-state index in [1.165, 1.54) is 16.9 Å². The highest BCUT2D eigenvalue weighted by molar-refractivity contribution is 7.09. The number of amides is 1. The predicted molar refractivity (Wildman–Crippen MR) is 83.4 cm³/mol. The molecular formula is C15H19N3OS. The van der Waals surface area contributed by atoms with Crippen LogP contribution in [-0.2, 0) is 0 Å². The summed E-state index contributed by atoms with van der Waals surface area (Å²) in [6.45, 7) is 5.90. The van der Waals surface area contributed by atoms with Crippen molar-refractivity contribution in [2.45, 2.75) is 26.8 Å². The summed E-state index contributed by atoms with van der Waals surface area (Å²) >= 11 is 1.42. The first-order chi connectivity index (χ1) is 9.40. The number of anilines is 1. The Morgan fingerprint density at radius 2 is 2.10 bits per heavy atom. The smallest absolute Gasteiger partial charge is 0.277 e. The number of carbonyl (C=O) groups excluding carboxylic acids is 1. The van der Waals surface area contributed by atoms with Crippen molar-refractivity contribution in [3.63, 3.8) is 0 Å². The van der Waals surface area contributed by atoms with Crippen molar-refractivity contribution in [1.82, 2.24) is 4.98 Å². The van der Waals surface area contributed by atoms with Crippen LogP contribution < -0.4 is 10.6 Å². The summed E-state index contributed by atoms with van der Waals surface area (Å²) in [6.07, 6.45) is 0. The van der Waals surface area contributed by atoms with Gasteiger partial charge in [-0.3, -0.25) is 4.79 Å². The van der Waals surface area contributed by atoms with E-state index in [0.29, 0.717) is 5.69 Å². The highest BCUT2D eigenvalue weighted by Crippen LogP contribution is 2.23. The second kappa shape index (κ2) is 5.73. The largest absolute Gasteiger partial charge is 0.322 e. The third kappa shape index (κ3) is 2.89. The number of carbonyl (C=O) groups is 1. The molecule has 0 aliphatic carbocycles. The Morgan fingerprint density at radius 3 is 2.65 bits per heavy atom. The Balaban J connectivity index is 2.27. The summed E-state index contributed by atoms with van der Waals surface area (Å²) in [7, 11) is 1.77. The molecule has 1 unspecified atom stereocenters. The Bertz CT molecular complexity index is 634.